The first-order chi connectivity index (χ1) is 11.3. The molecule has 8 nitrogen and oxygen atoms in total. The quantitative estimate of drug-likeness (QED) is 0.642. The molecule has 0 aliphatic carbocycles. The van der Waals surface area contributed by atoms with Crippen molar-refractivity contribution in [1.82, 2.24) is 4.31 Å². The number of carbonyl (C=O) groups excluding carboxylic acids is 1. The van der Waals surface area contributed by atoms with Crippen LogP contribution in [-0.4, -0.2) is 65.1 Å². The Bertz CT molecular complexity index is 699. The molecule has 1 saturated heterocycles. The predicted octanol–water partition coefficient (Wildman–Crippen LogP) is -1.53. The van der Waals surface area contributed by atoms with E-state index >= 15 is 0 Å². The summed E-state index contributed by atoms with van der Waals surface area (Å²) in [4.78, 5) is 12.4. The van der Waals surface area contributed by atoms with Crippen LogP contribution in [0.1, 0.15) is 6.92 Å². The van der Waals surface area contributed by atoms with Gasteiger partial charge in [0.25, 0.3) is 5.91 Å². The Morgan fingerprint density at radius 3 is 2.29 bits per heavy atom. The summed E-state index contributed by atoms with van der Waals surface area (Å²) in [6, 6.07) is 4.21. The minimum Gasteiger partial charge on any atom is -0.493 e. The third-order valence-electron chi connectivity index (χ3n) is 4.40. The topological polar surface area (TPSA) is 103 Å². The second-order valence-corrected chi connectivity index (χ2v) is 7.64. The summed E-state index contributed by atoms with van der Waals surface area (Å²) >= 11 is 0. The standard InChI is InChI=1S/C15H23N3O5S/c1-11(15(16)19)17-6-8-18(9-7-17)24(20,21)12-4-5-13(22-2)14(10-12)23-3/h4-5,10-11H,6-9H2,1-3H3,(H2,16,19)/p+1/t11-/m0/s1. The number of nitrogens with one attached hydrogen (secondary N) is 1. The molecule has 0 radical (unpaired) electrons. The van der Waals surface area contributed by atoms with Crippen LogP contribution in [0, 0.1) is 0 Å². The third-order valence-corrected chi connectivity index (χ3v) is 6.29. The average molecular weight is 358 g/mol. The van der Waals surface area contributed by atoms with Gasteiger partial charge in [0.2, 0.25) is 10.0 Å². The number of benzene rings is 1. The van der Waals surface area contributed by atoms with Gasteiger partial charge in [-0.15, -0.1) is 0 Å². The zero-order chi connectivity index (χ0) is 17.9. The van der Waals surface area contributed by atoms with Crippen molar-refractivity contribution in [1.29, 1.82) is 0 Å². The number of sulfonamides is 1. The van der Waals surface area contributed by atoms with Gasteiger partial charge in [-0.1, -0.05) is 0 Å². The van der Waals surface area contributed by atoms with Crippen molar-refractivity contribution in [2.45, 2.75) is 17.9 Å². The van der Waals surface area contributed by atoms with Gasteiger partial charge in [-0.3, -0.25) is 4.79 Å². The number of primary amides is 1. The number of piperazine rings is 1. The molecule has 1 aliphatic heterocycles. The van der Waals surface area contributed by atoms with E-state index in [1.807, 2.05) is 0 Å². The Hall–Kier alpha value is -1.84. The highest BCUT2D eigenvalue weighted by atomic mass is 32.2. The van der Waals surface area contributed by atoms with Crippen molar-refractivity contribution in [3.8, 4) is 11.5 Å². The highest BCUT2D eigenvalue weighted by Gasteiger charge is 2.34. The number of nitrogens with zero attached hydrogens (tertiary/aromatic N) is 1. The summed E-state index contributed by atoms with van der Waals surface area (Å²) in [5, 5.41) is 0. The number of quaternary nitrogens is 1. The van der Waals surface area contributed by atoms with E-state index in [1.54, 1.807) is 13.0 Å². The second kappa shape index (κ2) is 7.37. The molecule has 1 atom stereocenters. The van der Waals surface area contributed by atoms with Crippen molar-refractivity contribution in [3.05, 3.63) is 18.2 Å². The summed E-state index contributed by atoms with van der Waals surface area (Å²) < 4.78 is 37.3. The average Bonchev–Trinajstić information content (AvgIpc) is 2.60. The van der Waals surface area contributed by atoms with Crippen molar-refractivity contribution in [2.75, 3.05) is 40.4 Å². The van der Waals surface area contributed by atoms with Crippen LogP contribution < -0.4 is 20.1 Å². The Kier molecular flexibility index (Phi) is 5.68. The molecule has 1 fully saturated rings. The number of methoxy groups -OCH3 is 2. The van der Waals surface area contributed by atoms with Crippen molar-refractivity contribution in [2.24, 2.45) is 5.73 Å². The van der Waals surface area contributed by atoms with Gasteiger partial charge in [-0.05, 0) is 19.1 Å². The molecule has 0 saturated carbocycles. The Labute approximate surface area is 142 Å². The number of hydrogen-bond acceptors (Lipinski definition) is 5. The molecule has 24 heavy (non-hydrogen) atoms. The van der Waals surface area contributed by atoms with Gasteiger partial charge in [0.1, 0.15) is 0 Å². The number of rotatable bonds is 6. The molecular weight excluding hydrogens is 334 g/mol. The lowest BCUT2D eigenvalue weighted by atomic mass is 10.2. The lowest BCUT2D eigenvalue weighted by Crippen LogP contribution is -3.19. The van der Waals surface area contributed by atoms with Crippen LogP contribution in [0.15, 0.2) is 23.1 Å². The minimum absolute atomic E-state index is 0.159. The van der Waals surface area contributed by atoms with Gasteiger partial charge < -0.3 is 20.1 Å². The molecule has 3 N–H and O–H groups in total. The summed E-state index contributed by atoms with van der Waals surface area (Å²) in [7, 11) is -0.667. The lowest BCUT2D eigenvalue weighted by molar-refractivity contribution is -0.917. The summed E-state index contributed by atoms with van der Waals surface area (Å²) in [6.45, 7) is 3.51. The number of ether oxygens (including phenoxy) is 2. The molecule has 0 aromatic heterocycles. The highest BCUT2D eigenvalue weighted by molar-refractivity contribution is 7.89. The predicted molar refractivity (Wildman–Crippen MR) is 87.7 cm³/mol. The van der Waals surface area contributed by atoms with Crippen molar-refractivity contribution < 1.29 is 27.6 Å². The van der Waals surface area contributed by atoms with E-state index in [4.69, 9.17) is 15.2 Å². The monoisotopic (exact) mass is 358 g/mol. The van der Waals surface area contributed by atoms with Crippen LogP contribution in [0.25, 0.3) is 0 Å². The second-order valence-electron chi connectivity index (χ2n) is 5.70. The van der Waals surface area contributed by atoms with Crippen LogP contribution in [-0.2, 0) is 14.8 Å². The van der Waals surface area contributed by atoms with Crippen molar-refractivity contribution in [3.63, 3.8) is 0 Å². The normalized spacial score (nSPS) is 18.1. The van der Waals surface area contributed by atoms with E-state index in [1.165, 1.54) is 30.7 Å². The SMILES string of the molecule is COc1ccc(S(=O)(=O)N2CC[NH+]([C@@H](C)C(N)=O)CC2)cc1OC. The fraction of sp³-hybridized carbons (Fsp3) is 0.533. The van der Waals surface area contributed by atoms with Crippen LogP contribution in [0.2, 0.25) is 0 Å². The maximum Gasteiger partial charge on any atom is 0.275 e. The maximum absolute atomic E-state index is 12.8. The molecule has 1 heterocycles. The molecule has 1 aromatic carbocycles. The van der Waals surface area contributed by atoms with Gasteiger partial charge in [-0.2, -0.15) is 4.31 Å². The number of amides is 1. The Morgan fingerprint density at radius 1 is 1.21 bits per heavy atom. The van der Waals surface area contributed by atoms with E-state index in [-0.39, 0.29) is 16.8 Å². The van der Waals surface area contributed by atoms with E-state index in [9.17, 15) is 13.2 Å². The molecule has 9 heteroatoms. The van der Waals surface area contributed by atoms with E-state index < -0.39 is 10.0 Å². The smallest absolute Gasteiger partial charge is 0.275 e. The van der Waals surface area contributed by atoms with Crippen molar-refractivity contribution >= 4 is 15.9 Å². The number of carbonyl (C=O) groups is 1. The molecule has 0 unspecified atom stereocenters. The van der Waals surface area contributed by atoms with Crippen LogP contribution in [0.3, 0.4) is 0 Å². The van der Waals surface area contributed by atoms with E-state index in [0.29, 0.717) is 37.7 Å². The lowest BCUT2D eigenvalue weighted by Gasteiger charge is -2.33. The summed E-state index contributed by atoms with van der Waals surface area (Å²) in [5.74, 6) is 0.465. The largest absolute Gasteiger partial charge is 0.493 e. The zero-order valence-electron chi connectivity index (χ0n) is 14.1. The van der Waals surface area contributed by atoms with E-state index in [0.717, 1.165) is 4.90 Å². The number of nitrogens with two attached hydrogens (primary N) is 1. The molecule has 2 rings (SSSR count). The molecule has 1 amide bonds. The van der Waals surface area contributed by atoms with E-state index in [2.05, 4.69) is 0 Å². The first-order valence-corrected chi connectivity index (χ1v) is 9.11. The van der Waals surface area contributed by atoms with Crippen LogP contribution in [0.4, 0.5) is 0 Å². The van der Waals surface area contributed by atoms with Gasteiger partial charge in [-0.25, -0.2) is 8.42 Å². The van der Waals surface area contributed by atoms with Gasteiger partial charge in [0.15, 0.2) is 17.5 Å². The molecule has 0 bridgehead atoms. The Morgan fingerprint density at radius 2 is 1.79 bits per heavy atom. The first kappa shape index (κ1) is 18.5. The zero-order valence-corrected chi connectivity index (χ0v) is 14.9. The van der Waals surface area contributed by atoms with Crippen LogP contribution in [0.5, 0.6) is 11.5 Å². The molecule has 0 spiro atoms. The summed E-state index contributed by atoms with van der Waals surface area (Å²) in [6.07, 6.45) is 0. The maximum atomic E-state index is 12.8. The highest BCUT2D eigenvalue weighted by Crippen LogP contribution is 2.30. The third kappa shape index (κ3) is 3.63. The van der Waals surface area contributed by atoms with Crippen LogP contribution >= 0.6 is 0 Å². The molecule has 1 aliphatic rings. The fourth-order valence-electron chi connectivity index (χ4n) is 2.77. The summed E-state index contributed by atoms with van der Waals surface area (Å²) in [5.41, 5.74) is 5.32. The molecular formula is C15H24N3O5S+. The van der Waals surface area contributed by atoms with Gasteiger partial charge >= 0.3 is 0 Å². The number of hydrogen-bond donors (Lipinski definition) is 2. The first-order valence-electron chi connectivity index (χ1n) is 7.67. The molecule has 134 valence electrons. The fourth-order valence-corrected chi connectivity index (χ4v) is 4.23. The minimum atomic E-state index is -3.62. The van der Waals surface area contributed by atoms with Gasteiger partial charge in [0, 0.05) is 6.07 Å². The van der Waals surface area contributed by atoms with Gasteiger partial charge in [0.05, 0.1) is 45.3 Å². The Balaban J connectivity index is 2.16. The molecule has 1 aromatic rings.